The summed E-state index contributed by atoms with van der Waals surface area (Å²) in [6.45, 7) is 3.03. The Hall–Kier alpha value is -1.21. The van der Waals surface area contributed by atoms with Gasteiger partial charge in [0.1, 0.15) is 12.1 Å². The molecule has 0 aliphatic heterocycles. The number of rotatable bonds is 7. The molecule has 0 aliphatic carbocycles. The maximum absolute atomic E-state index is 5.16. The molecule has 0 amide bonds. The minimum atomic E-state index is 0.770. The fraction of sp³-hybridized carbons (Fsp3) is 0.500. The van der Waals surface area contributed by atoms with Crippen LogP contribution in [0.15, 0.2) is 12.4 Å². The van der Waals surface area contributed by atoms with Crippen molar-refractivity contribution in [3.63, 3.8) is 0 Å². The highest BCUT2D eigenvalue weighted by Crippen LogP contribution is 2.06. The Balaban J connectivity index is 2.30. The Labute approximate surface area is 101 Å². The average molecular weight is 235 g/mol. The zero-order chi connectivity index (χ0) is 11.6. The summed E-state index contributed by atoms with van der Waals surface area (Å²) >= 11 is 1.74. The molecule has 86 valence electrons. The van der Waals surface area contributed by atoms with Crippen LogP contribution in [-0.4, -0.2) is 28.0 Å². The number of nitrogens with one attached hydrogen (secondary N) is 1. The first-order chi connectivity index (χ1) is 7.86. The van der Waals surface area contributed by atoms with Gasteiger partial charge < -0.3 is 5.32 Å². The molecule has 4 heteroatoms. The highest BCUT2D eigenvalue weighted by atomic mass is 32.2. The standard InChI is InChI=1S/C12H17N3S/c1-3-5-11-9-12(15-10-14-11)13-6-8-16-7-4-2/h2,9-10H,3,5-8H2,1H3,(H,13,14,15). The molecule has 1 N–H and O–H groups in total. The lowest BCUT2D eigenvalue weighted by Crippen LogP contribution is -2.06. The minimum Gasteiger partial charge on any atom is -0.369 e. The average Bonchev–Trinajstić information content (AvgIpc) is 2.30. The van der Waals surface area contributed by atoms with E-state index in [0.29, 0.717) is 0 Å². The molecule has 0 saturated heterocycles. The van der Waals surface area contributed by atoms with Gasteiger partial charge in [-0.05, 0) is 6.42 Å². The van der Waals surface area contributed by atoms with Gasteiger partial charge in [0.25, 0.3) is 0 Å². The van der Waals surface area contributed by atoms with Crippen molar-refractivity contribution >= 4 is 17.6 Å². The Bertz CT molecular complexity index is 346. The van der Waals surface area contributed by atoms with Crippen LogP contribution >= 0.6 is 11.8 Å². The van der Waals surface area contributed by atoms with Gasteiger partial charge in [-0.3, -0.25) is 0 Å². The van der Waals surface area contributed by atoms with E-state index < -0.39 is 0 Å². The van der Waals surface area contributed by atoms with Gasteiger partial charge in [0.05, 0.1) is 5.75 Å². The third kappa shape index (κ3) is 5.04. The van der Waals surface area contributed by atoms with E-state index in [1.54, 1.807) is 18.1 Å². The highest BCUT2D eigenvalue weighted by molar-refractivity contribution is 7.99. The van der Waals surface area contributed by atoms with Crippen LogP contribution in [-0.2, 0) is 6.42 Å². The molecule has 0 saturated carbocycles. The van der Waals surface area contributed by atoms with Crippen LogP contribution in [0.2, 0.25) is 0 Å². The molecular formula is C12H17N3S. The molecular weight excluding hydrogens is 218 g/mol. The fourth-order valence-electron chi connectivity index (χ4n) is 1.27. The minimum absolute atomic E-state index is 0.770. The maximum Gasteiger partial charge on any atom is 0.129 e. The summed E-state index contributed by atoms with van der Waals surface area (Å²) < 4.78 is 0. The summed E-state index contributed by atoms with van der Waals surface area (Å²) in [6.07, 6.45) is 8.88. The summed E-state index contributed by atoms with van der Waals surface area (Å²) in [5.74, 6) is 5.27. The van der Waals surface area contributed by atoms with E-state index in [1.807, 2.05) is 6.07 Å². The summed E-state index contributed by atoms with van der Waals surface area (Å²) in [6, 6.07) is 2.01. The van der Waals surface area contributed by atoms with Crippen LogP contribution < -0.4 is 5.32 Å². The topological polar surface area (TPSA) is 37.8 Å². The molecule has 1 aromatic heterocycles. The Morgan fingerprint density at radius 3 is 3.12 bits per heavy atom. The molecule has 0 unspecified atom stereocenters. The number of thioether (sulfide) groups is 1. The van der Waals surface area contributed by atoms with Crippen LogP contribution in [0.4, 0.5) is 5.82 Å². The highest BCUT2D eigenvalue weighted by Gasteiger charge is 1.97. The number of hydrogen-bond acceptors (Lipinski definition) is 4. The molecule has 0 fully saturated rings. The number of terminal acetylenes is 1. The van der Waals surface area contributed by atoms with Gasteiger partial charge >= 0.3 is 0 Å². The Kier molecular flexibility index (Phi) is 6.43. The smallest absolute Gasteiger partial charge is 0.129 e. The second kappa shape index (κ2) is 8.00. The summed E-state index contributed by atoms with van der Waals surface area (Å²) in [4.78, 5) is 8.37. The van der Waals surface area contributed by atoms with Gasteiger partial charge in [0.15, 0.2) is 0 Å². The van der Waals surface area contributed by atoms with E-state index in [4.69, 9.17) is 6.42 Å². The largest absolute Gasteiger partial charge is 0.369 e. The van der Waals surface area contributed by atoms with E-state index in [9.17, 15) is 0 Å². The Morgan fingerprint density at radius 1 is 1.50 bits per heavy atom. The van der Waals surface area contributed by atoms with Gasteiger partial charge in [-0.2, -0.15) is 0 Å². The van der Waals surface area contributed by atoms with Crippen molar-refractivity contribution in [3.05, 3.63) is 18.1 Å². The van der Waals surface area contributed by atoms with E-state index >= 15 is 0 Å². The van der Waals surface area contributed by atoms with E-state index in [0.717, 1.165) is 42.4 Å². The number of nitrogens with zero attached hydrogens (tertiary/aromatic N) is 2. The molecule has 1 aromatic rings. The first-order valence-corrected chi connectivity index (χ1v) is 6.58. The third-order valence-corrected chi connectivity index (χ3v) is 2.83. The van der Waals surface area contributed by atoms with Crippen molar-refractivity contribution in [3.8, 4) is 12.3 Å². The molecule has 0 bridgehead atoms. The van der Waals surface area contributed by atoms with E-state index in [2.05, 4.69) is 28.1 Å². The first kappa shape index (κ1) is 12.9. The van der Waals surface area contributed by atoms with E-state index in [1.165, 1.54) is 0 Å². The van der Waals surface area contributed by atoms with Crippen molar-refractivity contribution in [2.75, 3.05) is 23.4 Å². The zero-order valence-electron chi connectivity index (χ0n) is 9.57. The molecule has 1 rings (SSSR count). The lowest BCUT2D eigenvalue weighted by Gasteiger charge is -2.05. The van der Waals surface area contributed by atoms with Crippen molar-refractivity contribution in [1.29, 1.82) is 0 Å². The fourth-order valence-corrected chi connectivity index (χ4v) is 1.78. The molecule has 16 heavy (non-hydrogen) atoms. The van der Waals surface area contributed by atoms with Crippen molar-refractivity contribution in [1.82, 2.24) is 9.97 Å². The SMILES string of the molecule is C#CCSCCNc1cc(CCC)ncn1. The van der Waals surface area contributed by atoms with Crippen LogP contribution in [0, 0.1) is 12.3 Å². The predicted octanol–water partition coefficient (Wildman–Crippen LogP) is 2.21. The molecule has 0 aromatic carbocycles. The number of aryl methyl sites for hydroxylation is 1. The molecule has 0 atom stereocenters. The van der Waals surface area contributed by atoms with Crippen LogP contribution in [0.1, 0.15) is 19.0 Å². The van der Waals surface area contributed by atoms with Crippen molar-refractivity contribution in [2.24, 2.45) is 0 Å². The second-order valence-electron chi connectivity index (χ2n) is 3.33. The summed E-state index contributed by atoms with van der Waals surface area (Å²) in [5, 5.41) is 3.26. The van der Waals surface area contributed by atoms with Crippen LogP contribution in [0.3, 0.4) is 0 Å². The summed E-state index contributed by atoms with van der Waals surface area (Å²) in [5.41, 5.74) is 1.09. The van der Waals surface area contributed by atoms with Gasteiger partial charge in [-0.15, -0.1) is 18.2 Å². The molecule has 0 spiro atoms. The Morgan fingerprint density at radius 2 is 2.38 bits per heavy atom. The van der Waals surface area contributed by atoms with Crippen LogP contribution in [0.25, 0.3) is 0 Å². The third-order valence-electron chi connectivity index (χ3n) is 1.97. The lowest BCUT2D eigenvalue weighted by molar-refractivity contribution is 0.872. The van der Waals surface area contributed by atoms with E-state index in [-0.39, 0.29) is 0 Å². The molecule has 0 aliphatic rings. The molecule has 3 nitrogen and oxygen atoms in total. The number of anilines is 1. The molecule has 1 heterocycles. The predicted molar refractivity (Wildman–Crippen MR) is 70.7 cm³/mol. The van der Waals surface area contributed by atoms with Gasteiger partial charge in [-0.1, -0.05) is 19.3 Å². The number of aromatic nitrogens is 2. The molecule has 0 radical (unpaired) electrons. The van der Waals surface area contributed by atoms with Crippen molar-refractivity contribution in [2.45, 2.75) is 19.8 Å². The first-order valence-electron chi connectivity index (χ1n) is 5.42. The lowest BCUT2D eigenvalue weighted by atomic mass is 10.2. The maximum atomic E-state index is 5.16. The zero-order valence-corrected chi connectivity index (χ0v) is 10.4. The van der Waals surface area contributed by atoms with Gasteiger partial charge in [-0.25, -0.2) is 9.97 Å². The van der Waals surface area contributed by atoms with Crippen molar-refractivity contribution < 1.29 is 0 Å². The van der Waals surface area contributed by atoms with Gasteiger partial charge in [0, 0.05) is 24.1 Å². The van der Waals surface area contributed by atoms with Gasteiger partial charge in [0.2, 0.25) is 0 Å². The monoisotopic (exact) mass is 235 g/mol. The quantitative estimate of drug-likeness (QED) is 0.581. The second-order valence-corrected chi connectivity index (χ2v) is 4.43. The summed E-state index contributed by atoms with van der Waals surface area (Å²) in [7, 11) is 0. The number of hydrogen-bond donors (Lipinski definition) is 1. The normalized spacial score (nSPS) is 9.75. The van der Waals surface area contributed by atoms with Crippen LogP contribution in [0.5, 0.6) is 0 Å².